The van der Waals surface area contributed by atoms with Crippen LogP contribution in [0.3, 0.4) is 0 Å². The highest BCUT2D eigenvalue weighted by atomic mass is 79.9. The maximum atomic E-state index is 11.1. The van der Waals surface area contributed by atoms with Crippen molar-refractivity contribution in [1.29, 1.82) is 0 Å². The molecule has 0 saturated carbocycles. The first kappa shape index (κ1) is 8.43. The van der Waals surface area contributed by atoms with Crippen molar-refractivity contribution in [3.05, 3.63) is 35.9 Å². The lowest BCUT2D eigenvalue weighted by molar-refractivity contribution is 0.0940. The highest BCUT2D eigenvalue weighted by Gasteiger charge is 2.02. The molecule has 0 unspecified atom stereocenters. The SMILES string of the molecule is O=C(COBr)c1ccccc1. The number of benzene rings is 1. The summed E-state index contributed by atoms with van der Waals surface area (Å²) in [4.78, 5) is 11.1. The summed E-state index contributed by atoms with van der Waals surface area (Å²) in [6.45, 7) is 0.0734. The first-order chi connectivity index (χ1) is 5.34. The molecule has 0 atom stereocenters. The van der Waals surface area contributed by atoms with Crippen molar-refractivity contribution in [2.45, 2.75) is 0 Å². The Hall–Kier alpha value is -0.670. The fourth-order valence-corrected chi connectivity index (χ4v) is 0.965. The van der Waals surface area contributed by atoms with Gasteiger partial charge in [0.1, 0.15) is 6.61 Å². The van der Waals surface area contributed by atoms with E-state index in [2.05, 4.69) is 20.1 Å². The van der Waals surface area contributed by atoms with E-state index in [1.54, 1.807) is 12.1 Å². The molecule has 0 fully saturated rings. The molecule has 0 heterocycles. The quantitative estimate of drug-likeness (QED) is 0.722. The Morgan fingerprint density at radius 1 is 1.36 bits per heavy atom. The molecule has 0 spiro atoms. The van der Waals surface area contributed by atoms with Gasteiger partial charge in [-0.25, -0.2) is 0 Å². The minimum absolute atomic E-state index is 0.0255. The van der Waals surface area contributed by atoms with E-state index in [1.165, 1.54) is 0 Å². The summed E-state index contributed by atoms with van der Waals surface area (Å²) < 4.78 is 4.52. The van der Waals surface area contributed by atoms with Crippen molar-refractivity contribution < 1.29 is 8.62 Å². The third-order valence-corrected chi connectivity index (χ3v) is 1.51. The van der Waals surface area contributed by atoms with Crippen LogP contribution in [0, 0.1) is 0 Å². The first-order valence-corrected chi connectivity index (χ1v) is 3.81. The molecule has 0 aromatic heterocycles. The van der Waals surface area contributed by atoms with Gasteiger partial charge in [-0.1, -0.05) is 30.3 Å². The van der Waals surface area contributed by atoms with Crippen LogP contribution in [0.15, 0.2) is 30.3 Å². The average Bonchev–Trinajstić information content (AvgIpc) is 2.07. The van der Waals surface area contributed by atoms with Gasteiger partial charge in [-0.3, -0.25) is 8.62 Å². The van der Waals surface area contributed by atoms with Gasteiger partial charge in [-0.2, -0.15) is 0 Å². The zero-order chi connectivity index (χ0) is 8.10. The number of carbonyl (C=O) groups excluding carboxylic acids is 1. The van der Waals surface area contributed by atoms with E-state index in [1.807, 2.05) is 18.2 Å². The van der Waals surface area contributed by atoms with Gasteiger partial charge in [0, 0.05) is 5.56 Å². The van der Waals surface area contributed by atoms with Crippen molar-refractivity contribution in [2.24, 2.45) is 0 Å². The van der Waals surface area contributed by atoms with Crippen LogP contribution < -0.4 is 0 Å². The second-order valence-electron chi connectivity index (χ2n) is 2.04. The molecule has 0 aliphatic carbocycles. The van der Waals surface area contributed by atoms with Crippen molar-refractivity contribution >= 4 is 22.0 Å². The fourth-order valence-electron chi connectivity index (χ4n) is 0.757. The van der Waals surface area contributed by atoms with Crippen LogP contribution in [-0.2, 0) is 3.83 Å². The molecular formula is C8H7BrO2. The Morgan fingerprint density at radius 3 is 2.55 bits per heavy atom. The molecule has 11 heavy (non-hydrogen) atoms. The number of ketones is 1. The monoisotopic (exact) mass is 214 g/mol. The Balaban J connectivity index is 2.69. The Kier molecular flexibility index (Phi) is 3.26. The number of carbonyl (C=O) groups is 1. The van der Waals surface area contributed by atoms with Crippen LogP contribution in [0.5, 0.6) is 0 Å². The van der Waals surface area contributed by atoms with Gasteiger partial charge in [0.05, 0.1) is 16.3 Å². The fraction of sp³-hybridized carbons (Fsp3) is 0.125. The number of hydrogen-bond acceptors (Lipinski definition) is 2. The van der Waals surface area contributed by atoms with Gasteiger partial charge in [-0.05, 0) is 0 Å². The molecule has 0 aliphatic heterocycles. The largest absolute Gasteiger partial charge is 0.300 e. The van der Waals surface area contributed by atoms with E-state index >= 15 is 0 Å². The second-order valence-corrected chi connectivity index (χ2v) is 2.50. The number of Topliss-reactive ketones (excluding diaryl/α,β-unsaturated/α-hetero) is 1. The molecule has 0 amide bonds. The lowest BCUT2D eigenvalue weighted by Gasteiger charge is -1.95. The van der Waals surface area contributed by atoms with Gasteiger partial charge in [0.15, 0.2) is 5.78 Å². The summed E-state index contributed by atoms with van der Waals surface area (Å²) in [5.41, 5.74) is 0.673. The van der Waals surface area contributed by atoms with E-state index in [0.29, 0.717) is 5.56 Å². The van der Waals surface area contributed by atoms with Crippen LogP contribution in [0.2, 0.25) is 0 Å². The van der Waals surface area contributed by atoms with E-state index in [4.69, 9.17) is 0 Å². The molecule has 1 aromatic carbocycles. The zero-order valence-corrected chi connectivity index (χ0v) is 7.37. The van der Waals surface area contributed by atoms with Crippen LogP contribution in [0.4, 0.5) is 0 Å². The first-order valence-electron chi connectivity index (χ1n) is 3.16. The number of rotatable bonds is 3. The molecule has 0 aliphatic rings. The summed E-state index contributed by atoms with van der Waals surface area (Å²) in [6, 6.07) is 9.03. The molecule has 0 radical (unpaired) electrons. The molecular weight excluding hydrogens is 208 g/mol. The molecule has 58 valence electrons. The highest BCUT2D eigenvalue weighted by Crippen LogP contribution is 2.00. The van der Waals surface area contributed by atoms with E-state index in [9.17, 15) is 4.79 Å². The lowest BCUT2D eigenvalue weighted by Crippen LogP contribution is -2.04. The second kappa shape index (κ2) is 4.26. The maximum absolute atomic E-state index is 11.1. The maximum Gasteiger partial charge on any atom is 0.189 e. The van der Waals surface area contributed by atoms with E-state index < -0.39 is 0 Å². The molecule has 0 N–H and O–H groups in total. The molecule has 0 bridgehead atoms. The Bertz CT molecular complexity index is 233. The highest BCUT2D eigenvalue weighted by molar-refractivity contribution is 9.06. The third-order valence-electron chi connectivity index (χ3n) is 1.28. The van der Waals surface area contributed by atoms with E-state index in [0.717, 1.165) is 0 Å². The summed E-state index contributed by atoms with van der Waals surface area (Å²) in [5, 5.41) is 0. The summed E-state index contributed by atoms with van der Waals surface area (Å²) in [5.74, 6) is -0.0255. The van der Waals surface area contributed by atoms with Crippen molar-refractivity contribution in [3.8, 4) is 0 Å². The molecule has 2 nitrogen and oxygen atoms in total. The van der Waals surface area contributed by atoms with Gasteiger partial charge in [0.25, 0.3) is 0 Å². The smallest absolute Gasteiger partial charge is 0.189 e. The predicted molar refractivity (Wildman–Crippen MR) is 45.7 cm³/mol. The average molecular weight is 215 g/mol. The summed E-state index contributed by atoms with van der Waals surface area (Å²) >= 11 is 2.73. The van der Waals surface area contributed by atoms with E-state index in [-0.39, 0.29) is 12.4 Å². The van der Waals surface area contributed by atoms with Crippen molar-refractivity contribution in [3.63, 3.8) is 0 Å². The molecule has 3 heteroatoms. The van der Waals surface area contributed by atoms with Crippen LogP contribution in [0.25, 0.3) is 0 Å². The standard InChI is InChI=1S/C8H7BrO2/c9-11-6-8(10)7-4-2-1-3-5-7/h1-5H,6H2. The molecule has 1 rings (SSSR count). The Morgan fingerprint density at radius 2 is 2.00 bits per heavy atom. The van der Waals surface area contributed by atoms with Crippen LogP contribution >= 0.6 is 16.3 Å². The number of hydrogen-bond donors (Lipinski definition) is 0. The minimum atomic E-state index is -0.0255. The van der Waals surface area contributed by atoms with Crippen molar-refractivity contribution in [1.82, 2.24) is 0 Å². The molecule has 1 aromatic rings. The number of halogens is 1. The van der Waals surface area contributed by atoms with Gasteiger partial charge < -0.3 is 0 Å². The van der Waals surface area contributed by atoms with Crippen LogP contribution in [-0.4, -0.2) is 12.4 Å². The van der Waals surface area contributed by atoms with Crippen LogP contribution in [0.1, 0.15) is 10.4 Å². The minimum Gasteiger partial charge on any atom is -0.300 e. The summed E-state index contributed by atoms with van der Waals surface area (Å²) in [7, 11) is 0. The normalized spacial score (nSPS) is 9.55. The lowest BCUT2D eigenvalue weighted by atomic mass is 10.1. The van der Waals surface area contributed by atoms with Gasteiger partial charge >= 0.3 is 0 Å². The zero-order valence-electron chi connectivity index (χ0n) is 5.79. The van der Waals surface area contributed by atoms with Gasteiger partial charge in [-0.15, -0.1) is 0 Å². The topological polar surface area (TPSA) is 26.3 Å². The Labute approximate surface area is 73.6 Å². The molecule has 0 saturated heterocycles. The third kappa shape index (κ3) is 2.44. The van der Waals surface area contributed by atoms with Gasteiger partial charge in [0.2, 0.25) is 0 Å². The predicted octanol–water partition coefficient (Wildman–Crippen LogP) is 2.20. The van der Waals surface area contributed by atoms with Crippen molar-refractivity contribution in [2.75, 3.05) is 6.61 Å². The summed E-state index contributed by atoms with van der Waals surface area (Å²) in [6.07, 6.45) is 0.